The van der Waals surface area contributed by atoms with Gasteiger partial charge in [0, 0.05) is 9.92 Å². The average molecular weight is 201 g/mol. The van der Waals surface area contributed by atoms with E-state index in [1.165, 1.54) is 10.5 Å². The third-order valence-electron chi connectivity index (χ3n) is 1.80. The molecule has 0 amide bonds. The lowest BCUT2D eigenvalue weighted by Crippen LogP contribution is -1.88. The molecule has 0 radical (unpaired) electrons. The van der Waals surface area contributed by atoms with E-state index in [0.29, 0.717) is 0 Å². The first kappa shape index (κ1) is 9.94. The lowest BCUT2D eigenvalue weighted by Gasteiger charge is -2.07. The van der Waals surface area contributed by atoms with Crippen LogP contribution in [0.25, 0.3) is 0 Å². The summed E-state index contributed by atoms with van der Waals surface area (Å²) in [4.78, 5) is 1.31. The molecule has 12 heavy (non-hydrogen) atoms. The maximum atomic E-state index is 6.07. The molecule has 0 unspecified atom stereocenters. The lowest BCUT2D eigenvalue weighted by molar-refractivity contribution is 0.901. The average Bonchev–Trinajstić information content (AvgIpc) is 2.09. The Kier molecular flexibility index (Phi) is 3.96. The van der Waals surface area contributed by atoms with Gasteiger partial charge in [0.05, 0.1) is 0 Å². The molecule has 66 valence electrons. The molecule has 0 saturated heterocycles. The summed E-state index contributed by atoms with van der Waals surface area (Å²) < 4.78 is 0. The van der Waals surface area contributed by atoms with E-state index in [1.54, 1.807) is 11.8 Å². The highest BCUT2D eigenvalue weighted by atomic mass is 35.5. The third kappa shape index (κ3) is 2.18. The van der Waals surface area contributed by atoms with Crippen molar-refractivity contribution in [3.05, 3.63) is 28.8 Å². The van der Waals surface area contributed by atoms with Gasteiger partial charge < -0.3 is 0 Å². The van der Waals surface area contributed by atoms with E-state index < -0.39 is 0 Å². The second kappa shape index (κ2) is 4.78. The first-order chi connectivity index (χ1) is 5.79. The maximum Gasteiger partial charge on any atom is 0.0449 e. The molecule has 0 spiro atoms. The zero-order valence-corrected chi connectivity index (χ0v) is 9.00. The molecule has 0 aliphatic carbocycles. The van der Waals surface area contributed by atoms with Crippen LogP contribution in [0.4, 0.5) is 0 Å². The molecule has 0 saturated carbocycles. The van der Waals surface area contributed by atoms with Crippen molar-refractivity contribution in [1.29, 1.82) is 0 Å². The summed E-state index contributed by atoms with van der Waals surface area (Å²) in [6.07, 6.45) is 4.32. The Morgan fingerprint density at radius 2 is 2.17 bits per heavy atom. The summed E-state index contributed by atoms with van der Waals surface area (Å²) in [5, 5.41) is 0.906. The molecule has 1 rings (SSSR count). The molecule has 0 aliphatic rings. The van der Waals surface area contributed by atoms with Gasteiger partial charge in [0.1, 0.15) is 0 Å². The molecule has 0 atom stereocenters. The van der Waals surface area contributed by atoms with E-state index in [0.717, 1.165) is 17.9 Å². The number of thioether (sulfide) groups is 1. The summed E-state index contributed by atoms with van der Waals surface area (Å²) in [7, 11) is 0. The number of halogens is 1. The Hall–Kier alpha value is -0.140. The zero-order valence-electron chi connectivity index (χ0n) is 7.43. The molecule has 0 nitrogen and oxygen atoms in total. The summed E-state index contributed by atoms with van der Waals surface area (Å²) in [6, 6.07) is 6.10. The SMILES string of the molecule is CCCc1c(Cl)cccc1SC. The number of hydrogen-bond acceptors (Lipinski definition) is 1. The summed E-state index contributed by atoms with van der Waals surface area (Å²) in [5.41, 5.74) is 1.30. The van der Waals surface area contributed by atoms with Gasteiger partial charge in [-0.05, 0) is 30.4 Å². The summed E-state index contributed by atoms with van der Waals surface area (Å²) >= 11 is 7.84. The number of rotatable bonds is 3. The van der Waals surface area contributed by atoms with Crippen molar-refractivity contribution >= 4 is 23.4 Å². The molecule has 0 heterocycles. The molecule has 1 aromatic rings. The normalized spacial score (nSPS) is 10.2. The molecule has 0 N–H and O–H groups in total. The van der Waals surface area contributed by atoms with Crippen molar-refractivity contribution < 1.29 is 0 Å². The first-order valence-electron chi connectivity index (χ1n) is 4.11. The Morgan fingerprint density at radius 1 is 1.42 bits per heavy atom. The minimum atomic E-state index is 0.906. The first-order valence-corrected chi connectivity index (χ1v) is 5.71. The molecular weight excluding hydrogens is 188 g/mol. The highest BCUT2D eigenvalue weighted by Gasteiger charge is 2.03. The van der Waals surface area contributed by atoms with Crippen molar-refractivity contribution in [3.63, 3.8) is 0 Å². The molecule has 2 heteroatoms. The maximum absolute atomic E-state index is 6.07. The van der Waals surface area contributed by atoms with E-state index in [9.17, 15) is 0 Å². The standard InChI is InChI=1S/C10H13ClS/c1-3-5-8-9(11)6-4-7-10(8)12-2/h4,6-7H,3,5H2,1-2H3. The molecule has 1 aromatic carbocycles. The Labute approximate surface area is 83.3 Å². The lowest BCUT2D eigenvalue weighted by atomic mass is 10.1. The van der Waals surface area contributed by atoms with Crippen LogP contribution in [0, 0.1) is 0 Å². The highest BCUT2D eigenvalue weighted by molar-refractivity contribution is 7.98. The highest BCUT2D eigenvalue weighted by Crippen LogP contribution is 2.27. The fourth-order valence-electron chi connectivity index (χ4n) is 1.22. The van der Waals surface area contributed by atoms with Crippen LogP contribution < -0.4 is 0 Å². The quantitative estimate of drug-likeness (QED) is 0.665. The van der Waals surface area contributed by atoms with E-state index in [2.05, 4.69) is 19.2 Å². The minimum Gasteiger partial charge on any atom is -0.129 e. The van der Waals surface area contributed by atoms with Gasteiger partial charge >= 0.3 is 0 Å². The predicted octanol–water partition coefficient (Wildman–Crippen LogP) is 4.01. The molecule has 0 bridgehead atoms. The minimum absolute atomic E-state index is 0.906. The second-order valence-electron chi connectivity index (χ2n) is 2.67. The van der Waals surface area contributed by atoms with Crippen LogP contribution in [0.15, 0.2) is 23.1 Å². The van der Waals surface area contributed by atoms with E-state index >= 15 is 0 Å². The molecular formula is C10H13ClS. The third-order valence-corrected chi connectivity index (χ3v) is 2.97. The van der Waals surface area contributed by atoms with Gasteiger partial charge in [0.25, 0.3) is 0 Å². The number of hydrogen-bond donors (Lipinski definition) is 0. The topological polar surface area (TPSA) is 0 Å². The molecule has 0 aromatic heterocycles. The van der Waals surface area contributed by atoms with Crippen molar-refractivity contribution in [2.45, 2.75) is 24.7 Å². The van der Waals surface area contributed by atoms with Gasteiger partial charge in [-0.2, -0.15) is 0 Å². The number of benzene rings is 1. The van der Waals surface area contributed by atoms with Crippen LogP contribution in [0.2, 0.25) is 5.02 Å². The van der Waals surface area contributed by atoms with E-state index in [-0.39, 0.29) is 0 Å². The summed E-state index contributed by atoms with van der Waals surface area (Å²) in [5.74, 6) is 0. The largest absolute Gasteiger partial charge is 0.129 e. The monoisotopic (exact) mass is 200 g/mol. The van der Waals surface area contributed by atoms with Crippen LogP contribution in [0.5, 0.6) is 0 Å². The van der Waals surface area contributed by atoms with Crippen molar-refractivity contribution in [2.24, 2.45) is 0 Å². The Morgan fingerprint density at radius 3 is 2.75 bits per heavy atom. The van der Waals surface area contributed by atoms with Gasteiger partial charge in [0.15, 0.2) is 0 Å². The van der Waals surface area contributed by atoms with E-state index in [4.69, 9.17) is 11.6 Å². The van der Waals surface area contributed by atoms with Crippen molar-refractivity contribution in [3.8, 4) is 0 Å². The smallest absolute Gasteiger partial charge is 0.0449 e. The van der Waals surface area contributed by atoms with Crippen LogP contribution in [-0.2, 0) is 6.42 Å². The van der Waals surface area contributed by atoms with Gasteiger partial charge in [-0.15, -0.1) is 11.8 Å². The summed E-state index contributed by atoms with van der Waals surface area (Å²) in [6.45, 7) is 2.17. The predicted molar refractivity (Wildman–Crippen MR) is 57.2 cm³/mol. The van der Waals surface area contributed by atoms with Crippen LogP contribution in [0.3, 0.4) is 0 Å². The van der Waals surface area contributed by atoms with Crippen LogP contribution >= 0.6 is 23.4 Å². The van der Waals surface area contributed by atoms with Gasteiger partial charge in [-0.3, -0.25) is 0 Å². The van der Waals surface area contributed by atoms with Crippen LogP contribution in [-0.4, -0.2) is 6.26 Å². The van der Waals surface area contributed by atoms with E-state index in [1.807, 2.05) is 12.1 Å². The fraction of sp³-hybridized carbons (Fsp3) is 0.400. The molecule has 0 fully saturated rings. The second-order valence-corrected chi connectivity index (χ2v) is 3.93. The van der Waals surface area contributed by atoms with Crippen molar-refractivity contribution in [2.75, 3.05) is 6.26 Å². The Balaban J connectivity index is 3.02. The Bertz CT molecular complexity index is 258. The van der Waals surface area contributed by atoms with Gasteiger partial charge in [-0.25, -0.2) is 0 Å². The van der Waals surface area contributed by atoms with Crippen LogP contribution in [0.1, 0.15) is 18.9 Å². The fourth-order valence-corrected chi connectivity index (χ4v) is 2.22. The van der Waals surface area contributed by atoms with Gasteiger partial charge in [0.2, 0.25) is 0 Å². The molecule has 0 aliphatic heterocycles. The van der Waals surface area contributed by atoms with Gasteiger partial charge in [-0.1, -0.05) is 31.0 Å². The van der Waals surface area contributed by atoms with Crippen molar-refractivity contribution in [1.82, 2.24) is 0 Å². The zero-order chi connectivity index (χ0) is 8.97.